The number of benzene rings is 2. The van der Waals surface area contributed by atoms with Crippen LogP contribution in [-0.4, -0.2) is 17.8 Å². The highest BCUT2D eigenvalue weighted by Gasteiger charge is 2.30. The van der Waals surface area contributed by atoms with E-state index in [1.165, 1.54) is 12.3 Å². The second kappa shape index (κ2) is 10.5. The molecule has 1 N–H and O–H groups in total. The van der Waals surface area contributed by atoms with Crippen molar-refractivity contribution in [1.29, 1.82) is 0 Å². The van der Waals surface area contributed by atoms with Gasteiger partial charge in [0.2, 0.25) is 0 Å². The Bertz CT molecular complexity index is 1090. The number of anilines is 1. The molecular formula is C23H21BrF3N3O2. The summed E-state index contributed by atoms with van der Waals surface area (Å²) in [5.41, 5.74) is 4.68. The van der Waals surface area contributed by atoms with Crippen molar-refractivity contribution < 1.29 is 22.6 Å². The summed E-state index contributed by atoms with van der Waals surface area (Å²) in [6.07, 6.45) is -2.17. The molecule has 1 heterocycles. The molecule has 0 unspecified atom stereocenters. The maximum absolute atomic E-state index is 12.6. The summed E-state index contributed by atoms with van der Waals surface area (Å²) in [6, 6.07) is 13.8. The molecule has 0 amide bonds. The zero-order chi connectivity index (χ0) is 23.1. The van der Waals surface area contributed by atoms with Crippen molar-refractivity contribution in [3.63, 3.8) is 0 Å². The normalized spacial score (nSPS) is 11.6. The van der Waals surface area contributed by atoms with Gasteiger partial charge in [-0.05, 0) is 59.6 Å². The number of hydrazone groups is 1. The average molecular weight is 508 g/mol. The van der Waals surface area contributed by atoms with Crippen molar-refractivity contribution in [3.05, 3.63) is 81.5 Å². The lowest BCUT2D eigenvalue weighted by Crippen LogP contribution is -2.05. The molecule has 168 valence electrons. The molecule has 0 aliphatic carbocycles. The van der Waals surface area contributed by atoms with Gasteiger partial charge >= 0.3 is 6.18 Å². The van der Waals surface area contributed by atoms with Crippen LogP contribution in [0.1, 0.15) is 29.2 Å². The van der Waals surface area contributed by atoms with Crippen LogP contribution in [0.15, 0.2) is 64.3 Å². The Kier molecular flexibility index (Phi) is 7.74. The molecule has 3 aromatic rings. The fourth-order valence-corrected chi connectivity index (χ4v) is 3.21. The minimum absolute atomic E-state index is 0.188. The van der Waals surface area contributed by atoms with Gasteiger partial charge in [-0.3, -0.25) is 5.43 Å². The van der Waals surface area contributed by atoms with Crippen molar-refractivity contribution in [2.24, 2.45) is 5.10 Å². The lowest BCUT2D eigenvalue weighted by atomic mass is 10.1. The van der Waals surface area contributed by atoms with E-state index < -0.39 is 11.7 Å². The molecule has 0 fully saturated rings. The molecule has 9 heteroatoms. The number of halogens is 4. The number of hydrogen-bond acceptors (Lipinski definition) is 5. The molecule has 3 rings (SSSR count). The second-order valence-corrected chi connectivity index (χ2v) is 7.69. The number of nitrogens with zero attached hydrogens (tertiary/aromatic N) is 2. The summed E-state index contributed by atoms with van der Waals surface area (Å²) < 4.78 is 50.3. The van der Waals surface area contributed by atoms with Gasteiger partial charge in [0.15, 0.2) is 11.5 Å². The van der Waals surface area contributed by atoms with Gasteiger partial charge in [-0.2, -0.15) is 18.3 Å². The number of nitrogens with one attached hydrogen (secondary N) is 1. The van der Waals surface area contributed by atoms with Gasteiger partial charge < -0.3 is 9.47 Å². The van der Waals surface area contributed by atoms with Crippen molar-refractivity contribution in [1.82, 2.24) is 4.98 Å². The van der Waals surface area contributed by atoms with E-state index in [2.05, 4.69) is 37.5 Å². The summed E-state index contributed by atoms with van der Waals surface area (Å²) in [4.78, 5) is 3.72. The number of rotatable bonds is 8. The highest BCUT2D eigenvalue weighted by Crippen LogP contribution is 2.34. The van der Waals surface area contributed by atoms with Crippen LogP contribution in [0.4, 0.5) is 19.0 Å². The Morgan fingerprint density at radius 1 is 1.09 bits per heavy atom. The van der Waals surface area contributed by atoms with E-state index in [0.29, 0.717) is 34.7 Å². The summed E-state index contributed by atoms with van der Waals surface area (Å²) in [6.45, 7) is 4.74. The van der Waals surface area contributed by atoms with Gasteiger partial charge in [-0.15, -0.1) is 0 Å². The molecule has 0 bridgehead atoms. The van der Waals surface area contributed by atoms with E-state index >= 15 is 0 Å². The van der Waals surface area contributed by atoms with E-state index in [-0.39, 0.29) is 5.82 Å². The van der Waals surface area contributed by atoms with Gasteiger partial charge in [-0.25, -0.2) is 4.98 Å². The number of aromatic nitrogens is 1. The number of pyridine rings is 1. The second-order valence-electron chi connectivity index (χ2n) is 6.83. The van der Waals surface area contributed by atoms with Crippen LogP contribution in [0.3, 0.4) is 0 Å². The van der Waals surface area contributed by atoms with Crippen LogP contribution < -0.4 is 14.9 Å². The highest BCUT2D eigenvalue weighted by atomic mass is 79.9. The summed E-state index contributed by atoms with van der Waals surface area (Å²) >= 11 is 3.49. The third-order valence-electron chi connectivity index (χ3n) is 4.31. The topological polar surface area (TPSA) is 55.7 Å². The monoisotopic (exact) mass is 507 g/mol. The zero-order valence-electron chi connectivity index (χ0n) is 17.4. The molecule has 0 aliphatic heterocycles. The van der Waals surface area contributed by atoms with Crippen molar-refractivity contribution in [3.8, 4) is 11.5 Å². The lowest BCUT2D eigenvalue weighted by Gasteiger charge is -2.14. The Morgan fingerprint density at radius 2 is 1.88 bits per heavy atom. The molecule has 1 aromatic heterocycles. The maximum atomic E-state index is 12.6. The fraction of sp³-hybridized carbons (Fsp3) is 0.217. The smallest absolute Gasteiger partial charge is 0.417 e. The van der Waals surface area contributed by atoms with Gasteiger partial charge in [0.25, 0.3) is 0 Å². The largest absolute Gasteiger partial charge is 0.490 e. The van der Waals surface area contributed by atoms with Crippen LogP contribution in [0.5, 0.6) is 11.5 Å². The lowest BCUT2D eigenvalue weighted by molar-refractivity contribution is -0.137. The van der Waals surface area contributed by atoms with Crippen LogP contribution in [0.25, 0.3) is 0 Å². The van der Waals surface area contributed by atoms with Crippen LogP contribution >= 0.6 is 15.9 Å². The van der Waals surface area contributed by atoms with Crippen molar-refractivity contribution in [2.45, 2.75) is 26.6 Å². The molecule has 0 radical (unpaired) electrons. The van der Waals surface area contributed by atoms with Crippen molar-refractivity contribution in [2.75, 3.05) is 12.0 Å². The van der Waals surface area contributed by atoms with Crippen LogP contribution in [0.2, 0.25) is 0 Å². The molecule has 5 nitrogen and oxygen atoms in total. The van der Waals surface area contributed by atoms with Gasteiger partial charge in [0, 0.05) is 16.2 Å². The Balaban J connectivity index is 1.72. The first-order valence-electron chi connectivity index (χ1n) is 9.73. The summed E-state index contributed by atoms with van der Waals surface area (Å²) in [5.74, 6) is 1.32. The van der Waals surface area contributed by atoms with Gasteiger partial charge in [-0.1, -0.05) is 29.8 Å². The maximum Gasteiger partial charge on any atom is 0.417 e. The number of ether oxygens (including phenoxy) is 2. The first kappa shape index (κ1) is 23.6. The molecule has 0 atom stereocenters. The minimum Gasteiger partial charge on any atom is -0.490 e. The number of aryl methyl sites for hydroxylation is 1. The molecular weight excluding hydrogens is 487 g/mol. The van der Waals surface area contributed by atoms with E-state index in [0.717, 1.165) is 23.4 Å². The standard InChI is InChI=1S/C23H21BrF3N3O2/c1-3-31-20-10-17(12-29-30-22-8-7-18(13-28-22)23(25,26)27)19(24)11-21(20)32-14-16-6-4-5-15(2)9-16/h4-13H,3,14H2,1-2H3,(H,28,30)/b29-12-. The van der Waals surface area contributed by atoms with E-state index in [4.69, 9.17) is 9.47 Å². The SMILES string of the molecule is CCOc1cc(/C=N\Nc2ccc(C(F)(F)F)cn2)c(Br)cc1OCc1cccc(C)c1. The molecule has 0 saturated carbocycles. The molecule has 2 aromatic carbocycles. The zero-order valence-corrected chi connectivity index (χ0v) is 19.0. The average Bonchev–Trinajstić information content (AvgIpc) is 2.74. The van der Waals surface area contributed by atoms with Crippen LogP contribution in [0, 0.1) is 6.92 Å². The molecule has 32 heavy (non-hydrogen) atoms. The molecule has 0 spiro atoms. The first-order valence-corrected chi connectivity index (χ1v) is 10.5. The van der Waals surface area contributed by atoms with Gasteiger partial charge in [0.05, 0.1) is 18.4 Å². The number of hydrogen-bond donors (Lipinski definition) is 1. The van der Waals surface area contributed by atoms with Crippen LogP contribution in [-0.2, 0) is 12.8 Å². The Labute approximate surface area is 192 Å². The summed E-state index contributed by atoms with van der Waals surface area (Å²) in [7, 11) is 0. The molecule has 0 saturated heterocycles. The third kappa shape index (κ3) is 6.46. The van der Waals surface area contributed by atoms with Gasteiger partial charge in [0.1, 0.15) is 12.4 Å². The minimum atomic E-state index is -4.43. The molecule has 0 aliphatic rings. The predicted octanol–water partition coefficient (Wildman–Crippen LogP) is 6.60. The quantitative estimate of drug-likeness (QED) is 0.275. The third-order valence-corrected chi connectivity index (χ3v) is 5.00. The van der Waals surface area contributed by atoms with E-state index in [1.54, 1.807) is 12.1 Å². The van der Waals surface area contributed by atoms with E-state index in [9.17, 15) is 13.2 Å². The van der Waals surface area contributed by atoms with Crippen molar-refractivity contribution >= 4 is 28.0 Å². The Hall–Kier alpha value is -3.07. The highest BCUT2D eigenvalue weighted by molar-refractivity contribution is 9.10. The predicted molar refractivity (Wildman–Crippen MR) is 121 cm³/mol. The summed E-state index contributed by atoms with van der Waals surface area (Å²) in [5, 5.41) is 4.05. The van der Waals surface area contributed by atoms with E-state index in [1.807, 2.05) is 32.0 Å². The Morgan fingerprint density at radius 3 is 2.53 bits per heavy atom. The number of alkyl halides is 3. The first-order chi connectivity index (χ1) is 15.3. The fourth-order valence-electron chi connectivity index (χ4n) is 2.79.